The van der Waals surface area contributed by atoms with Crippen LogP contribution in [0.2, 0.25) is 0 Å². The first-order valence-electron chi connectivity index (χ1n) is 20.7. The summed E-state index contributed by atoms with van der Waals surface area (Å²) >= 11 is 0. The molecule has 11 rings (SSSR count). The Morgan fingerprint density at radius 2 is 0.593 bits per heavy atom. The van der Waals surface area contributed by atoms with Gasteiger partial charge in [0, 0.05) is 16.5 Å². The lowest BCUT2D eigenvalue weighted by Crippen LogP contribution is -1.93. The summed E-state index contributed by atoms with van der Waals surface area (Å²) in [5.74, 6) is 0. The molecule has 0 aliphatic heterocycles. The van der Waals surface area contributed by atoms with Crippen LogP contribution in [-0.2, 0) is 0 Å². The quantitative estimate of drug-likeness (QED) is 0.149. The third kappa shape index (κ3) is 6.38. The molecule has 0 N–H and O–H groups in total. The van der Waals surface area contributed by atoms with Crippen LogP contribution in [0, 0.1) is 0 Å². The van der Waals surface area contributed by atoms with E-state index in [2.05, 4.69) is 229 Å². The highest BCUT2D eigenvalue weighted by Crippen LogP contribution is 2.46. The number of aromatic nitrogens is 1. The molecule has 11 aromatic rings. The van der Waals surface area contributed by atoms with E-state index in [1.54, 1.807) is 0 Å². The molecule has 0 aliphatic carbocycles. The van der Waals surface area contributed by atoms with E-state index < -0.39 is 0 Å². The normalized spacial score (nSPS) is 11.2. The number of para-hydroxylation sites is 2. The molecule has 59 heavy (non-hydrogen) atoms. The molecule has 0 spiro atoms. The molecule has 0 aliphatic rings. The summed E-state index contributed by atoms with van der Waals surface area (Å²) in [5.41, 5.74) is 15.8. The van der Waals surface area contributed by atoms with E-state index in [1.807, 2.05) is 13.8 Å². The molecule has 280 valence electrons. The van der Waals surface area contributed by atoms with Gasteiger partial charge in [-0.15, -0.1) is 0 Å². The number of hydrogen-bond donors (Lipinski definition) is 0. The van der Waals surface area contributed by atoms with Crippen LogP contribution in [0.3, 0.4) is 0 Å². The van der Waals surface area contributed by atoms with Gasteiger partial charge in [-0.2, -0.15) is 0 Å². The van der Waals surface area contributed by atoms with Crippen LogP contribution in [0.15, 0.2) is 224 Å². The van der Waals surface area contributed by atoms with Gasteiger partial charge < -0.3 is 4.57 Å². The maximum Gasteiger partial charge on any atom is 0.0541 e. The number of fused-ring (bicyclic) bond motifs is 5. The van der Waals surface area contributed by atoms with Crippen LogP contribution < -0.4 is 0 Å². The van der Waals surface area contributed by atoms with Gasteiger partial charge in [0.1, 0.15) is 0 Å². The van der Waals surface area contributed by atoms with Gasteiger partial charge >= 0.3 is 0 Å². The minimum Gasteiger partial charge on any atom is -0.309 e. The van der Waals surface area contributed by atoms with Crippen LogP contribution in [0.4, 0.5) is 0 Å². The minimum atomic E-state index is 1.17. The lowest BCUT2D eigenvalue weighted by molar-refractivity contribution is 1.18. The third-order valence-electron chi connectivity index (χ3n) is 11.6. The number of nitrogens with zero attached hydrogens (tertiary/aromatic N) is 1. The summed E-state index contributed by atoms with van der Waals surface area (Å²) in [6, 6.07) is 82.0. The zero-order chi connectivity index (χ0) is 39.7. The van der Waals surface area contributed by atoms with Crippen LogP contribution in [-0.4, -0.2) is 4.57 Å². The molecular formula is C58H43N. The fourth-order valence-electron chi connectivity index (χ4n) is 8.91. The Kier molecular flexibility index (Phi) is 9.41. The molecule has 0 saturated heterocycles. The van der Waals surface area contributed by atoms with Gasteiger partial charge in [0.05, 0.1) is 11.0 Å². The fraction of sp³-hybridized carbons (Fsp3) is 0.0345. The van der Waals surface area contributed by atoms with E-state index in [1.165, 1.54) is 105 Å². The summed E-state index contributed by atoms with van der Waals surface area (Å²) in [4.78, 5) is 0. The highest BCUT2D eigenvalue weighted by Gasteiger charge is 2.19. The minimum absolute atomic E-state index is 1.17. The van der Waals surface area contributed by atoms with Crippen molar-refractivity contribution >= 4 is 43.4 Å². The van der Waals surface area contributed by atoms with Crippen molar-refractivity contribution in [1.82, 2.24) is 4.57 Å². The molecule has 0 saturated carbocycles. The van der Waals surface area contributed by atoms with Crippen molar-refractivity contribution in [2.75, 3.05) is 0 Å². The Bertz CT molecular complexity index is 3230. The SMILES string of the molecule is CC.c1ccc(-c2ccc(-c3c4ccccc4c(-c4ccc(-c5ccccc5)cc4)c4cc(-c5ccc6c(c5)c5ccccc5n6-c5ccccc5)ccc34)cc2)cc1. The molecule has 10 aromatic carbocycles. The lowest BCUT2D eigenvalue weighted by atomic mass is 9.84. The molecule has 0 unspecified atom stereocenters. The highest BCUT2D eigenvalue weighted by atomic mass is 15.0. The summed E-state index contributed by atoms with van der Waals surface area (Å²) in [7, 11) is 0. The Hall–Kier alpha value is -7.48. The second-order valence-electron chi connectivity index (χ2n) is 14.9. The summed E-state index contributed by atoms with van der Waals surface area (Å²) in [5, 5.41) is 7.49. The Balaban J connectivity index is 0.00000207. The monoisotopic (exact) mass is 753 g/mol. The zero-order valence-electron chi connectivity index (χ0n) is 33.3. The van der Waals surface area contributed by atoms with Gasteiger partial charge in [0.2, 0.25) is 0 Å². The van der Waals surface area contributed by atoms with Gasteiger partial charge in [-0.05, 0) is 114 Å². The first-order chi connectivity index (χ1) is 29.3. The molecule has 1 heteroatoms. The number of benzene rings is 10. The van der Waals surface area contributed by atoms with E-state index in [4.69, 9.17) is 0 Å². The summed E-state index contributed by atoms with van der Waals surface area (Å²) < 4.78 is 2.38. The lowest BCUT2D eigenvalue weighted by Gasteiger charge is -2.19. The van der Waals surface area contributed by atoms with Crippen molar-refractivity contribution in [3.63, 3.8) is 0 Å². The smallest absolute Gasteiger partial charge is 0.0541 e. The molecule has 0 radical (unpaired) electrons. The first kappa shape index (κ1) is 35.9. The van der Waals surface area contributed by atoms with E-state index in [-0.39, 0.29) is 0 Å². The molecule has 0 fully saturated rings. The first-order valence-corrected chi connectivity index (χ1v) is 20.7. The van der Waals surface area contributed by atoms with Gasteiger partial charge in [0.25, 0.3) is 0 Å². The highest BCUT2D eigenvalue weighted by molar-refractivity contribution is 6.22. The standard InChI is InChI=1S/C56H37N.C2H6/c1-4-14-38(15-5-1)40-24-28-42(29-25-40)55-48-21-10-11-22-49(48)56(43-30-26-41(27-31-43)39-16-6-2-7-17-39)52-37-44(32-34-50(52)55)45-33-35-54-51(36-45)47-20-12-13-23-53(47)57(54)46-18-8-3-9-19-46;1-2/h1-37H;1-2H3. The van der Waals surface area contributed by atoms with E-state index in [0.717, 1.165) is 0 Å². The van der Waals surface area contributed by atoms with Crippen molar-refractivity contribution < 1.29 is 0 Å². The molecular weight excluding hydrogens is 711 g/mol. The Labute approximate surface area is 346 Å². The number of hydrogen-bond acceptors (Lipinski definition) is 0. The molecule has 1 aromatic heterocycles. The molecule has 0 amide bonds. The van der Waals surface area contributed by atoms with Crippen molar-refractivity contribution in [2.45, 2.75) is 13.8 Å². The van der Waals surface area contributed by atoms with Gasteiger partial charge in [0.15, 0.2) is 0 Å². The van der Waals surface area contributed by atoms with Crippen LogP contribution in [0.25, 0.3) is 105 Å². The maximum absolute atomic E-state index is 2.43. The van der Waals surface area contributed by atoms with E-state index in [9.17, 15) is 0 Å². The Morgan fingerprint density at radius 1 is 0.237 bits per heavy atom. The van der Waals surface area contributed by atoms with E-state index >= 15 is 0 Å². The molecule has 0 bridgehead atoms. The largest absolute Gasteiger partial charge is 0.309 e. The zero-order valence-corrected chi connectivity index (χ0v) is 33.3. The van der Waals surface area contributed by atoms with Crippen molar-refractivity contribution in [3.05, 3.63) is 224 Å². The molecule has 0 atom stereocenters. The van der Waals surface area contributed by atoms with Crippen molar-refractivity contribution in [3.8, 4) is 61.3 Å². The van der Waals surface area contributed by atoms with Gasteiger partial charge in [-0.3, -0.25) is 0 Å². The predicted octanol–water partition coefficient (Wildman–Crippen LogP) is 16.5. The van der Waals surface area contributed by atoms with Crippen LogP contribution in [0.5, 0.6) is 0 Å². The van der Waals surface area contributed by atoms with Gasteiger partial charge in [-0.25, -0.2) is 0 Å². The average molecular weight is 754 g/mol. The predicted molar refractivity (Wildman–Crippen MR) is 254 cm³/mol. The van der Waals surface area contributed by atoms with Crippen LogP contribution in [0.1, 0.15) is 13.8 Å². The Morgan fingerprint density at radius 3 is 1.15 bits per heavy atom. The second-order valence-corrected chi connectivity index (χ2v) is 14.9. The summed E-state index contributed by atoms with van der Waals surface area (Å²) in [6.45, 7) is 4.00. The topological polar surface area (TPSA) is 4.93 Å². The fourth-order valence-corrected chi connectivity index (χ4v) is 8.91. The average Bonchev–Trinajstić information content (AvgIpc) is 3.66. The van der Waals surface area contributed by atoms with Crippen LogP contribution >= 0.6 is 0 Å². The molecule has 1 heterocycles. The third-order valence-corrected chi connectivity index (χ3v) is 11.6. The van der Waals surface area contributed by atoms with Gasteiger partial charge in [-0.1, -0.05) is 202 Å². The van der Waals surface area contributed by atoms with Crippen molar-refractivity contribution in [1.29, 1.82) is 0 Å². The van der Waals surface area contributed by atoms with Crippen molar-refractivity contribution in [2.24, 2.45) is 0 Å². The molecule has 1 nitrogen and oxygen atoms in total. The summed E-state index contributed by atoms with van der Waals surface area (Å²) in [6.07, 6.45) is 0. The number of rotatable bonds is 6. The maximum atomic E-state index is 2.43. The second kappa shape index (κ2) is 15.5. The van der Waals surface area contributed by atoms with E-state index in [0.29, 0.717) is 0 Å².